The second-order valence-corrected chi connectivity index (χ2v) is 9.15. The molecule has 0 spiro atoms. The van der Waals surface area contributed by atoms with E-state index in [0.29, 0.717) is 38.1 Å². The van der Waals surface area contributed by atoms with Gasteiger partial charge in [0.25, 0.3) is 5.91 Å². The Bertz CT molecular complexity index is 768. The molecule has 0 bridgehead atoms. The normalized spacial score (nSPS) is 20.5. The molecule has 9 heteroatoms. The molecule has 0 saturated carbocycles. The van der Waals surface area contributed by atoms with E-state index in [1.165, 1.54) is 35.7 Å². The van der Waals surface area contributed by atoms with Crippen molar-refractivity contribution in [2.24, 2.45) is 11.8 Å². The second kappa shape index (κ2) is 9.99. The van der Waals surface area contributed by atoms with E-state index in [4.69, 9.17) is 9.47 Å². The summed E-state index contributed by atoms with van der Waals surface area (Å²) >= 11 is 0. The van der Waals surface area contributed by atoms with E-state index in [1.807, 2.05) is 13.8 Å². The first-order valence-corrected chi connectivity index (χ1v) is 10.7. The molecule has 156 valence electrons. The van der Waals surface area contributed by atoms with Gasteiger partial charge in [0.2, 0.25) is 10.0 Å². The average Bonchev–Trinajstić information content (AvgIpc) is 2.65. The van der Waals surface area contributed by atoms with Crippen LogP contribution in [0.1, 0.15) is 30.6 Å². The van der Waals surface area contributed by atoms with Crippen molar-refractivity contribution in [1.82, 2.24) is 9.62 Å². The van der Waals surface area contributed by atoms with Crippen molar-refractivity contribution < 1.29 is 27.5 Å². The Kier molecular flexibility index (Phi) is 7.97. The Balaban J connectivity index is 1.96. The first-order valence-electron chi connectivity index (χ1n) is 9.27. The van der Waals surface area contributed by atoms with Crippen LogP contribution in [0.15, 0.2) is 29.2 Å². The van der Waals surface area contributed by atoms with Gasteiger partial charge in [-0.25, -0.2) is 13.2 Å². The molecule has 1 aromatic carbocycles. The SMILES string of the molecule is COCCNC(=O)COC(=O)c1ccc(S(=O)(=O)N2C[C@H](C)C[C@H](C)C2)cc1. The summed E-state index contributed by atoms with van der Waals surface area (Å²) in [6.07, 6.45) is 1.01. The molecule has 1 saturated heterocycles. The summed E-state index contributed by atoms with van der Waals surface area (Å²) in [5, 5.41) is 2.54. The molecule has 28 heavy (non-hydrogen) atoms. The van der Waals surface area contributed by atoms with E-state index in [1.54, 1.807) is 0 Å². The van der Waals surface area contributed by atoms with Gasteiger partial charge in [-0.15, -0.1) is 0 Å². The van der Waals surface area contributed by atoms with Crippen LogP contribution in [-0.2, 0) is 24.3 Å². The summed E-state index contributed by atoms with van der Waals surface area (Å²) in [6.45, 7) is 5.36. The lowest BCUT2D eigenvalue weighted by atomic mass is 9.94. The molecule has 8 nitrogen and oxygen atoms in total. The summed E-state index contributed by atoms with van der Waals surface area (Å²) in [5.41, 5.74) is 0.184. The zero-order chi connectivity index (χ0) is 20.7. The third-order valence-corrected chi connectivity index (χ3v) is 6.37. The van der Waals surface area contributed by atoms with Crippen molar-refractivity contribution in [3.8, 4) is 0 Å². The predicted octanol–water partition coefficient (Wildman–Crippen LogP) is 1.27. The molecule has 1 aliphatic rings. The van der Waals surface area contributed by atoms with E-state index in [-0.39, 0.29) is 10.5 Å². The van der Waals surface area contributed by atoms with E-state index < -0.39 is 28.5 Å². The van der Waals surface area contributed by atoms with Crippen LogP contribution in [0, 0.1) is 11.8 Å². The molecular weight excluding hydrogens is 384 g/mol. The molecule has 0 radical (unpaired) electrons. The molecule has 2 atom stereocenters. The maximum absolute atomic E-state index is 12.8. The summed E-state index contributed by atoms with van der Waals surface area (Å²) in [6, 6.07) is 5.59. The molecule has 0 aliphatic carbocycles. The number of sulfonamides is 1. The lowest BCUT2D eigenvalue weighted by Crippen LogP contribution is -2.42. The third-order valence-electron chi connectivity index (χ3n) is 4.53. The van der Waals surface area contributed by atoms with E-state index in [2.05, 4.69) is 5.32 Å². The minimum Gasteiger partial charge on any atom is -0.452 e. The molecule has 1 heterocycles. The van der Waals surface area contributed by atoms with Crippen LogP contribution in [0.5, 0.6) is 0 Å². The molecule has 1 N–H and O–H groups in total. The average molecular weight is 413 g/mol. The number of esters is 1. The van der Waals surface area contributed by atoms with Gasteiger partial charge in [0.05, 0.1) is 17.1 Å². The fraction of sp³-hybridized carbons (Fsp3) is 0.579. The van der Waals surface area contributed by atoms with Gasteiger partial charge in [-0.05, 0) is 42.5 Å². The van der Waals surface area contributed by atoms with Gasteiger partial charge in [0, 0.05) is 26.7 Å². The van der Waals surface area contributed by atoms with Crippen LogP contribution in [0.3, 0.4) is 0 Å². The van der Waals surface area contributed by atoms with Crippen molar-refractivity contribution in [3.63, 3.8) is 0 Å². The number of piperidine rings is 1. The maximum atomic E-state index is 12.8. The standard InChI is InChI=1S/C19H28N2O6S/c1-14-10-15(2)12-21(11-14)28(24,25)17-6-4-16(5-7-17)19(23)27-13-18(22)20-8-9-26-3/h4-7,14-15H,8-13H2,1-3H3,(H,20,22)/t14-,15+. The van der Waals surface area contributed by atoms with Gasteiger partial charge in [-0.2, -0.15) is 4.31 Å². The van der Waals surface area contributed by atoms with E-state index in [0.717, 1.165) is 6.42 Å². The van der Waals surface area contributed by atoms with Gasteiger partial charge in [0.1, 0.15) is 0 Å². The highest BCUT2D eigenvalue weighted by molar-refractivity contribution is 7.89. The monoisotopic (exact) mass is 412 g/mol. The maximum Gasteiger partial charge on any atom is 0.338 e. The van der Waals surface area contributed by atoms with Crippen molar-refractivity contribution >= 4 is 21.9 Å². The zero-order valence-corrected chi connectivity index (χ0v) is 17.3. The fourth-order valence-electron chi connectivity index (χ4n) is 3.27. The lowest BCUT2D eigenvalue weighted by Gasteiger charge is -2.34. The van der Waals surface area contributed by atoms with Crippen molar-refractivity contribution in [1.29, 1.82) is 0 Å². The highest BCUT2D eigenvalue weighted by atomic mass is 32.2. The lowest BCUT2D eigenvalue weighted by molar-refractivity contribution is -0.124. The van der Waals surface area contributed by atoms with E-state index >= 15 is 0 Å². The number of methoxy groups -OCH3 is 1. The van der Waals surface area contributed by atoms with Crippen LogP contribution in [0.25, 0.3) is 0 Å². The highest BCUT2D eigenvalue weighted by Gasteiger charge is 2.31. The molecule has 0 unspecified atom stereocenters. The smallest absolute Gasteiger partial charge is 0.338 e. The molecule has 1 aliphatic heterocycles. The predicted molar refractivity (Wildman–Crippen MR) is 103 cm³/mol. The van der Waals surface area contributed by atoms with Crippen LogP contribution < -0.4 is 5.32 Å². The van der Waals surface area contributed by atoms with Crippen LogP contribution in [0.2, 0.25) is 0 Å². The molecule has 1 amide bonds. The largest absolute Gasteiger partial charge is 0.452 e. The third kappa shape index (κ3) is 6.02. The van der Waals surface area contributed by atoms with E-state index in [9.17, 15) is 18.0 Å². The number of carbonyl (C=O) groups excluding carboxylic acids is 2. The minimum atomic E-state index is -3.60. The first-order chi connectivity index (χ1) is 13.2. The van der Waals surface area contributed by atoms with Gasteiger partial charge >= 0.3 is 5.97 Å². The number of carbonyl (C=O) groups is 2. The molecule has 2 rings (SSSR count). The quantitative estimate of drug-likeness (QED) is 0.510. The Morgan fingerprint density at radius 1 is 1.14 bits per heavy atom. The Morgan fingerprint density at radius 2 is 1.75 bits per heavy atom. The summed E-state index contributed by atoms with van der Waals surface area (Å²) in [5.74, 6) is -0.505. The number of ether oxygens (including phenoxy) is 2. The first kappa shape index (κ1) is 22.3. The fourth-order valence-corrected chi connectivity index (χ4v) is 4.95. The van der Waals surface area contributed by atoms with Crippen LogP contribution in [0.4, 0.5) is 0 Å². The number of hydrogen-bond donors (Lipinski definition) is 1. The van der Waals surface area contributed by atoms with Gasteiger partial charge in [0.15, 0.2) is 6.61 Å². The number of rotatable bonds is 8. The molecule has 0 aromatic heterocycles. The Morgan fingerprint density at radius 3 is 2.32 bits per heavy atom. The van der Waals surface area contributed by atoms with Crippen molar-refractivity contribution in [2.45, 2.75) is 25.2 Å². The van der Waals surface area contributed by atoms with Crippen molar-refractivity contribution in [2.75, 3.05) is 40.0 Å². The van der Waals surface area contributed by atoms with Crippen LogP contribution >= 0.6 is 0 Å². The number of benzene rings is 1. The second-order valence-electron chi connectivity index (χ2n) is 7.21. The zero-order valence-electron chi connectivity index (χ0n) is 16.5. The summed E-state index contributed by atoms with van der Waals surface area (Å²) in [4.78, 5) is 23.7. The van der Waals surface area contributed by atoms with Gasteiger partial charge in [-0.3, -0.25) is 4.79 Å². The topological polar surface area (TPSA) is 102 Å². The highest BCUT2D eigenvalue weighted by Crippen LogP contribution is 2.26. The number of hydrogen-bond acceptors (Lipinski definition) is 6. The molecule has 1 aromatic rings. The van der Waals surface area contributed by atoms with Gasteiger partial charge in [-0.1, -0.05) is 13.8 Å². The number of nitrogens with one attached hydrogen (secondary N) is 1. The Hall–Kier alpha value is -1.97. The number of nitrogens with zero attached hydrogens (tertiary/aromatic N) is 1. The van der Waals surface area contributed by atoms with Gasteiger partial charge < -0.3 is 14.8 Å². The molecular formula is C19H28N2O6S. The van der Waals surface area contributed by atoms with Crippen molar-refractivity contribution in [3.05, 3.63) is 29.8 Å². The Labute approximate surface area is 166 Å². The molecule has 1 fully saturated rings. The number of amides is 1. The minimum absolute atomic E-state index is 0.141. The summed E-state index contributed by atoms with van der Waals surface area (Å²) < 4.78 is 36.9. The summed E-state index contributed by atoms with van der Waals surface area (Å²) in [7, 11) is -2.09. The van der Waals surface area contributed by atoms with Crippen LogP contribution in [-0.4, -0.2) is 64.6 Å².